The summed E-state index contributed by atoms with van der Waals surface area (Å²) in [6.45, 7) is 8.86. The van der Waals surface area contributed by atoms with Gasteiger partial charge in [0.15, 0.2) is 0 Å². The van der Waals surface area contributed by atoms with Gasteiger partial charge in [-0.3, -0.25) is 8.37 Å². The van der Waals surface area contributed by atoms with Crippen LogP contribution in [-0.4, -0.2) is 43.3 Å². The average molecular weight is 777 g/mol. The number of benzene rings is 3. The van der Waals surface area contributed by atoms with Crippen LogP contribution in [0.1, 0.15) is 51.7 Å². The summed E-state index contributed by atoms with van der Waals surface area (Å²) in [6, 6.07) is 17.2. The van der Waals surface area contributed by atoms with Gasteiger partial charge in [-0.05, 0) is 117 Å². The van der Waals surface area contributed by atoms with Crippen molar-refractivity contribution in [2.24, 2.45) is 11.8 Å². The predicted molar refractivity (Wildman–Crippen MR) is 178 cm³/mol. The second-order valence-electron chi connectivity index (χ2n) is 11.2. The van der Waals surface area contributed by atoms with Gasteiger partial charge in [-0.25, -0.2) is 0 Å². The Balaban J connectivity index is 1.42. The summed E-state index contributed by atoms with van der Waals surface area (Å²) in [5, 5.41) is 0. The molecule has 12 heteroatoms. The highest BCUT2D eigenvalue weighted by Crippen LogP contribution is 2.36. The SMILES string of the molecule is CC(C)COS(=O)(=O)c1ccc(CCCOc2cc(Br)c(OCCCc3ccc(S(=O)(=O)OCC(C)C)cc3)cc2Br)cc1. The lowest BCUT2D eigenvalue weighted by Gasteiger charge is -2.13. The highest BCUT2D eigenvalue weighted by atomic mass is 79.9. The van der Waals surface area contributed by atoms with Crippen molar-refractivity contribution in [3.05, 3.63) is 80.7 Å². The maximum Gasteiger partial charge on any atom is 0.296 e. The molecular formula is C32H40Br2O8S2. The molecule has 0 atom stereocenters. The number of rotatable bonds is 18. The topological polar surface area (TPSA) is 105 Å². The van der Waals surface area contributed by atoms with Crippen LogP contribution in [0.15, 0.2) is 79.4 Å². The van der Waals surface area contributed by atoms with E-state index in [1.807, 2.05) is 39.8 Å². The molecule has 0 saturated heterocycles. The summed E-state index contributed by atoms with van der Waals surface area (Å²) in [5.74, 6) is 1.61. The number of hydrogen-bond acceptors (Lipinski definition) is 8. The Morgan fingerprint density at radius 1 is 0.591 bits per heavy atom. The van der Waals surface area contributed by atoms with Crippen molar-refractivity contribution in [3.63, 3.8) is 0 Å². The molecule has 0 unspecified atom stereocenters. The first-order chi connectivity index (χ1) is 20.8. The van der Waals surface area contributed by atoms with Crippen molar-refractivity contribution >= 4 is 52.1 Å². The minimum atomic E-state index is -3.74. The first kappa shape index (κ1) is 36.5. The summed E-state index contributed by atoms with van der Waals surface area (Å²) in [7, 11) is -7.49. The summed E-state index contributed by atoms with van der Waals surface area (Å²) < 4.78 is 72.7. The van der Waals surface area contributed by atoms with Crippen LogP contribution in [0, 0.1) is 11.8 Å². The van der Waals surface area contributed by atoms with E-state index in [1.54, 1.807) is 48.5 Å². The molecule has 0 saturated carbocycles. The highest BCUT2D eigenvalue weighted by Gasteiger charge is 2.17. The predicted octanol–water partition coefficient (Wildman–Crippen LogP) is 7.96. The summed E-state index contributed by atoms with van der Waals surface area (Å²) in [5.41, 5.74) is 2.02. The smallest absolute Gasteiger partial charge is 0.296 e. The van der Waals surface area contributed by atoms with Crippen LogP contribution in [0.5, 0.6) is 11.5 Å². The Labute approximate surface area is 279 Å². The molecule has 0 spiro atoms. The van der Waals surface area contributed by atoms with Crippen LogP contribution in [-0.2, 0) is 41.4 Å². The Morgan fingerprint density at radius 2 is 0.932 bits per heavy atom. The van der Waals surface area contributed by atoms with E-state index in [1.165, 1.54) is 0 Å². The lowest BCUT2D eigenvalue weighted by atomic mass is 10.1. The Hall–Kier alpha value is -1.96. The fraction of sp³-hybridized carbons (Fsp3) is 0.438. The van der Waals surface area contributed by atoms with Crippen molar-refractivity contribution in [1.82, 2.24) is 0 Å². The van der Waals surface area contributed by atoms with Gasteiger partial charge in [-0.15, -0.1) is 0 Å². The number of ether oxygens (including phenoxy) is 2. The zero-order chi connectivity index (χ0) is 32.3. The molecule has 0 aromatic heterocycles. The van der Waals surface area contributed by atoms with Crippen LogP contribution in [0.2, 0.25) is 0 Å². The van der Waals surface area contributed by atoms with E-state index >= 15 is 0 Å². The van der Waals surface area contributed by atoms with Gasteiger partial charge in [0.25, 0.3) is 20.2 Å². The number of halogens is 2. The van der Waals surface area contributed by atoms with Crippen LogP contribution < -0.4 is 9.47 Å². The molecule has 0 fully saturated rings. The molecule has 242 valence electrons. The van der Waals surface area contributed by atoms with Crippen LogP contribution in [0.25, 0.3) is 0 Å². The molecule has 0 aliphatic heterocycles. The van der Waals surface area contributed by atoms with Crippen LogP contribution >= 0.6 is 31.9 Å². The lowest BCUT2D eigenvalue weighted by molar-refractivity contribution is 0.274. The molecule has 0 heterocycles. The molecule has 0 N–H and O–H groups in total. The minimum Gasteiger partial charge on any atom is -0.492 e. The van der Waals surface area contributed by atoms with Crippen molar-refractivity contribution in [2.75, 3.05) is 26.4 Å². The van der Waals surface area contributed by atoms with Gasteiger partial charge in [0.2, 0.25) is 0 Å². The fourth-order valence-corrected chi connectivity index (χ4v) is 6.87. The molecule has 3 aromatic rings. The van der Waals surface area contributed by atoms with Gasteiger partial charge >= 0.3 is 0 Å². The summed E-state index contributed by atoms with van der Waals surface area (Å²) in [4.78, 5) is 0.313. The first-order valence-corrected chi connectivity index (χ1v) is 18.9. The largest absolute Gasteiger partial charge is 0.492 e. The fourth-order valence-electron chi connectivity index (χ4n) is 3.88. The van der Waals surface area contributed by atoms with E-state index in [4.69, 9.17) is 17.8 Å². The first-order valence-electron chi connectivity index (χ1n) is 14.5. The van der Waals surface area contributed by atoms with E-state index < -0.39 is 20.2 Å². The van der Waals surface area contributed by atoms with Gasteiger partial charge in [-0.1, -0.05) is 52.0 Å². The van der Waals surface area contributed by atoms with Gasteiger partial charge < -0.3 is 9.47 Å². The van der Waals surface area contributed by atoms with Gasteiger partial charge in [-0.2, -0.15) is 16.8 Å². The molecule has 3 rings (SSSR count). The van der Waals surface area contributed by atoms with E-state index in [-0.39, 0.29) is 34.8 Å². The van der Waals surface area contributed by atoms with Crippen LogP contribution in [0.4, 0.5) is 0 Å². The number of hydrogen-bond donors (Lipinski definition) is 0. The molecule has 8 nitrogen and oxygen atoms in total. The van der Waals surface area contributed by atoms with Gasteiger partial charge in [0.1, 0.15) is 11.5 Å². The highest BCUT2D eigenvalue weighted by molar-refractivity contribution is 9.11. The zero-order valence-corrected chi connectivity index (χ0v) is 30.2. The second-order valence-corrected chi connectivity index (χ2v) is 16.1. The van der Waals surface area contributed by atoms with E-state index in [0.717, 1.165) is 45.8 Å². The maximum atomic E-state index is 12.3. The third-order valence-corrected chi connectivity index (χ3v) is 10.1. The third kappa shape index (κ3) is 11.8. The van der Waals surface area contributed by atoms with Gasteiger partial charge in [0, 0.05) is 0 Å². The monoisotopic (exact) mass is 774 g/mol. The van der Waals surface area contributed by atoms with E-state index in [9.17, 15) is 16.8 Å². The van der Waals surface area contributed by atoms with E-state index in [0.29, 0.717) is 24.7 Å². The lowest BCUT2D eigenvalue weighted by Crippen LogP contribution is -2.11. The normalized spacial score (nSPS) is 12.2. The quantitative estimate of drug-likeness (QED) is 0.0948. The standard InChI is InChI=1S/C32H40Br2O8S2/c1-23(2)21-41-43(35,36)27-13-9-25(10-14-27)7-5-17-39-31-19-30(34)32(20-29(31)33)40-18-6-8-26-11-15-28(16-12-26)44(37,38)42-22-24(3)4/h9-16,19-20,23-24H,5-8,17-18,21-22H2,1-4H3. The van der Waals surface area contributed by atoms with Crippen molar-refractivity contribution in [2.45, 2.75) is 63.2 Å². The Bertz CT molecular complexity index is 1440. The summed E-state index contributed by atoms with van der Waals surface area (Å²) in [6.07, 6.45) is 2.96. The molecule has 0 aliphatic rings. The third-order valence-electron chi connectivity index (χ3n) is 6.26. The molecule has 0 bridgehead atoms. The Kier molecular flexibility index (Phi) is 14.2. The number of aryl methyl sites for hydroxylation is 2. The molecule has 44 heavy (non-hydrogen) atoms. The van der Waals surface area contributed by atoms with Crippen molar-refractivity contribution in [3.8, 4) is 11.5 Å². The second kappa shape index (κ2) is 17.1. The maximum absolute atomic E-state index is 12.3. The molecular weight excluding hydrogens is 736 g/mol. The minimum absolute atomic E-state index is 0.126. The molecule has 0 radical (unpaired) electrons. The zero-order valence-electron chi connectivity index (χ0n) is 25.4. The summed E-state index contributed by atoms with van der Waals surface area (Å²) >= 11 is 7.12. The Morgan fingerprint density at radius 3 is 1.25 bits per heavy atom. The van der Waals surface area contributed by atoms with Crippen LogP contribution in [0.3, 0.4) is 0 Å². The van der Waals surface area contributed by atoms with Crippen molar-refractivity contribution in [1.29, 1.82) is 0 Å². The molecule has 3 aromatic carbocycles. The average Bonchev–Trinajstić information content (AvgIpc) is 2.98. The molecule has 0 aliphatic carbocycles. The van der Waals surface area contributed by atoms with Gasteiger partial charge in [0.05, 0.1) is 45.2 Å². The molecule has 0 amide bonds. The van der Waals surface area contributed by atoms with Crippen molar-refractivity contribution < 1.29 is 34.7 Å². The van der Waals surface area contributed by atoms with E-state index in [2.05, 4.69) is 31.9 Å².